The van der Waals surface area contributed by atoms with Crippen LogP contribution < -0.4 is 10.6 Å². The number of rotatable bonds is 5. The number of hydrogen-bond donors (Lipinski definition) is 2. The van der Waals surface area contributed by atoms with E-state index in [9.17, 15) is 4.79 Å². The van der Waals surface area contributed by atoms with Crippen LogP contribution in [-0.4, -0.2) is 17.4 Å². The molecule has 5 heteroatoms. The number of carbonyl (C=O) groups is 1. The second-order valence-corrected chi connectivity index (χ2v) is 4.34. The van der Waals surface area contributed by atoms with Crippen molar-refractivity contribution in [3.05, 3.63) is 59.4 Å². The molecule has 0 bridgehead atoms. The Hall–Kier alpha value is -2.07. The van der Waals surface area contributed by atoms with E-state index < -0.39 is 0 Å². The number of carbonyl (C=O) groups excluding carboxylic acids is 1. The molecule has 0 radical (unpaired) electrons. The molecular formula is C14H14ClN3O. The van der Waals surface area contributed by atoms with Crippen LogP contribution in [0.15, 0.2) is 48.7 Å². The first kappa shape index (κ1) is 13.4. The Bertz CT molecular complexity index is 545. The topological polar surface area (TPSA) is 54.0 Å². The maximum Gasteiger partial charge on any atom is 0.239 e. The van der Waals surface area contributed by atoms with Crippen molar-refractivity contribution in [2.45, 2.75) is 6.54 Å². The molecule has 1 amide bonds. The number of halogens is 1. The summed E-state index contributed by atoms with van der Waals surface area (Å²) in [5, 5.41) is 6.36. The lowest BCUT2D eigenvalue weighted by Gasteiger charge is -2.08. The van der Waals surface area contributed by atoms with Gasteiger partial charge in [0, 0.05) is 6.20 Å². The molecule has 0 aliphatic heterocycles. The van der Waals surface area contributed by atoms with Crippen molar-refractivity contribution in [2.75, 3.05) is 11.9 Å². The Morgan fingerprint density at radius 1 is 1.16 bits per heavy atom. The number of para-hydroxylation sites is 1. The average molecular weight is 276 g/mol. The van der Waals surface area contributed by atoms with Crippen molar-refractivity contribution >= 4 is 23.2 Å². The summed E-state index contributed by atoms with van der Waals surface area (Å²) in [5.74, 6) is -0.106. The predicted octanol–water partition coefficient (Wildman–Crippen LogP) is 2.46. The molecule has 2 aromatic rings. The van der Waals surface area contributed by atoms with Crippen molar-refractivity contribution in [3.8, 4) is 0 Å². The maximum absolute atomic E-state index is 11.7. The monoisotopic (exact) mass is 275 g/mol. The van der Waals surface area contributed by atoms with Gasteiger partial charge in [-0.15, -0.1) is 0 Å². The number of aromatic nitrogens is 1. The van der Waals surface area contributed by atoms with Crippen LogP contribution in [-0.2, 0) is 11.3 Å². The second kappa shape index (κ2) is 6.75. The molecule has 98 valence electrons. The third-order valence-corrected chi connectivity index (χ3v) is 2.84. The number of nitrogens with one attached hydrogen (secondary N) is 2. The number of nitrogens with zero attached hydrogens (tertiary/aromatic N) is 1. The van der Waals surface area contributed by atoms with Gasteiger partial charge in [-0.25, -0.2) is 0 Å². The van der Waals surface area contributed by atoms with Gasteiger partial charge in [0.1, 0.15) is 0 Å². The van der Waals surface area contributed by atoms with Crippen molar-refractivity contribution < 1.29 is 4.79 Å². The van der Waals surface area contributed by atoms with Crippen LogP contribution in [0.4, 0.5) is 5.69 Å². The zero-order valence-corrected chi connectivity index (χ0v) is 11.0. The summed E-state index contributed by atoms with van der Waals surface area (Å²) >= 11 is 5.98. The van der Waals surface area contributed by atoms with E-state index in [4.69, 9.17) is 11.6 Å². The molecule has 0 saturated carbocycles. The summed E-state index contributed by atoms with van der Waals surface area (Å²) in [6.45, 7) is 0.598. The van der Waals surface area contributed by atoms with E-state index in [1.54, 1.807) is 12.3 Å². The SMILES string of the molecule is O=C(CNc1ccccc1Cl)NCc1ccccn1. The normalized spacial score (nSPS) is 9.95. The van der Waals surface area contributed by atoms with Crippen molar-refractivity contribution in [1.29, 1.82) is 0 Å². The summed E-state index contributed by atoms with van der Waals surface area (Å²) < 4.78 is 0. The molecule has 19 heavy (non-hydrogen) atoms. The quantitative estimate of drug-likeness (QED) is 0.881. The maximum atomic E-state index is 11.7. The first-order chi connectivity index (χ1) is 9.25. The molecule has 0 fully saturated rings. The molecule has 2 N–H and O–H groups in total. The van der Waals surface area contributed by atoms with Gasteiger partial charge < -0.3 is 10.6 Å². The lowest BCUT2D eigenvalue weighted by atomic mass is 10.3. The van der Waals surface area contributed by atoms with E-state index in [2.05, 4.69) is 15.6 Å². The van der Waals surface area contributed by atoms with Gasteiger partial charge in [-0.1, -0.05) is 29.8 Å². The minimum absolute atomic E-state index is 0.106. The first-order valence-electron chi connectivity index (χ1n) is 5.91. The summed E-state index contributed by atoms with van der Waals surface area (Å²) in [7, 11) is 0. The van der Waals surface area contributed by atoms with E-state index in [1.807, 2.05) is 36.4 Å². The highest BCUT2D eigenvalue weighted by Gasteiger charge is 2.03. The molecule has 1 heterocycles. The van der Waals surface area contributed by atoms with E-state index >= 15 is 0 Å². The van der Waals surface area contributed by atoms with E-state index in [-0.39, 0.29) is 12.5 Å². The Morgan fingerprint density at radius 3 is 2.68 bits per heavy atom. The molecule has 1 aromatic heterocycles. The van der Waals surface area contributed by atoms with Gasteiger partial charge in [0.15, 0.2) is 0 Å². The van der Waals surface area contributed by atoms with Gasteiger partial charge in [0.05, 0.1) is 29.5 Å². The van der Waals surface area contributed by atoms with Crippen molar-refractivity contribution in [2.24, 2.45) is 0 Å². The van der Waals surface area contributed by atoms with Gasteiger partial charge in [-0.05, 0) is 24.3 Å². The van der Waals surface area contributed by atoms with Gasteiger partial charge in [-0.3, -0.25) is 9.78 Å². The van der Waals surface area contributed by atoms with Crippen LogP contribution in [0.3, 0.4) is 0 Å². The van der Waals surface area contributed by atoms with E-state index in [0.717, 1.165) is 11.4 Å². The van der Waals surface area contributed by atoms with Gasteiger partial charge in [0.2, 0.25) is 5.91 Å². The van der Waals surface area contributed by atoms with Crippen LogP contribution in [0.1, 0.15) is 5.69 Å². The van der Waals surface area contributed by atoms with Crippen molar-refractivity contribution in [3.63, 3.8) is 0 Å². The molecule has 0 aliphatic carbocycles. The number of hydrogen-bond acceptors (Lipinski definition) is 3. The Labute approximate surface area is 116 Å². The molecule has 2 rings (SSSR count). The average Bonchev–Trinajstić information content (AvgIpc) is 2.45. The molecule has 0 saturated heterocycles. The zero-order valence-electron chi connectivity index (χ0n) is 10.3. The molecule has 1 aromatic carbocycles. The number of anilines is 1. The number of benzene rings is 1. The lowest BCUT2D eigenvalue weighted by molar-refractivity contribution is -0.119. The van der Waals surface area contributed by atoms with Crippen LogP contribution in [0, 0.1) is 0 Å². The standard InChI is InChI=1S/C14H14ClN3O/c15-12-6-1-2-7-13(12)17-10-14(19)18-9-11-5-3-4-8-16-11/h1-8,17H,9-10H2,(H,18,19). The molecular weight excluding hydrogens is 262 g/mol. The Kier molecular flexibility index (Phi) is 4.75. The van der Waals surface area contributed by atoms with Crippen molar-refractivity contribution in [1.82, 2.24) is 10.3 Å². The summed E-state index contributed by atoms with van der Waals surface area (Å²) in [6.07, 6.45) is 1.70. The third-order valence-electron chi connectivity index (χ3n) is 2.51. The number of amides is 1. The van der Waals surface area contributed by atoms with Crippen LogP contribution in [0.5, 0.6) is 0 Å². The van der Waals surface area contributed by atoms with Crippen LogP contribution in [0.2, 0.25) is 5.02 Å². The fraction of sp³-hybridized carbons (Fsp3) is 0.143. The number of pyridine rings is 1. The molecule has 0 aliphatic rings. The van der Waals surface area contributed by atoms with E-state index in [0.29, 0.717) is 11.6 Å². The fourth-order valence-electron chi connectivity index (χ4n) is 1.53. The fourth-order valence-corrected chi connectivity index (χ4v) is 1.74. The molecule has 0 unspecified atom stereocenters. The predicted molar refractivity (Wildman–Crippen MR) is 76.0 cm³/mol. The highest BCUT2D eigenvalue weighted by molar-refractivity contribution is 6.33. The van der Waals surface area contributed by atoms with Gasteiger partial charge in [0.25, 0.3) is 0 Å². The second-order valence-electron chi connectivity index (χ2n) is 3.93. The summed E-state index contributed by atoms with van der Waals surface area (Å²) in [5.41, 5.74) is 1.57. The zero-order chi connectivity index (χ0) is 13.5. The highest BCUT2D eigenvalue weighted by atomic mass is 35.5. The molecule has 0 atom stereocenters. The Balaban J connectivity index is 1.78. The van der Waals surface area contributed by atoms with E-state index in [1.165, 1.54) is 0 Å². The minimum atomic E-state index is -0.106. The third kappa shape index (κ3) is 4.26. The van der Waals surface area contributed by atoms with Crippen LogP contribution >= 0.6 is 11.6 Å². The minimum Gasteiger partial charge on any atom is -0.375 e. The smallest absolute Gasteiger partial charge is 0.239 e. The highest BCUT2D eigenvalue weighted by Crippen LogP contribution is 2.19. The van der Waals surface area contributed by atoms with Gasteiger partial charge in [-0.2, -0.15) is 0 Å². The summed E-state index contributed by atoms with van der Waals surface area (Å²) in [4.78, 5) is 15.8. The summed E-state index contributed by atoms with van der Waals surface area (Å²) in [6, 6.07) is 12.9. The lowest BCUT2D eigenvalue weighted by Crippen LogP contribution is -2.29. The Morgan fingerprint density at radius 2 is 1.95 bits per heavy atom. The molecule has 0 spiro atoms. The largest absolute Gasteiger partial charge is 0.375 e. The van der Waals surface area contributed by atoms with Gasteiger partial charge >= 0.3 is 0 Å². The molecule has 4 nitrogen and oxygen atoms in total. The first-order valence-corrected chi connectivity index (χ1v) is 6.28. The van der Waals surface area contributed by atoms with Crippen LogP contribution in [0.25, 0.3) is 0 Å².